The summed E-state index contributed by atoms with van der Waals surface area (Å²) in [6, 6.07) is 9.29. The molecule has 4 rings (SSSR count). The quantitative estimate of drug-likeness (QED) is 0.786. The van der Waals surface area contributed by atoms with Crippen LogP contribution in [0.5, 0.6) is 0 Å². The molecule has 1 saturated carbocycles. The van der Waals surface area contributed by atoms with E-state index >= 15 is 0 Å². The maximum absolute atomic E-state index is 12.6. The van der Waals surface area contributed by atoms with Gasteiger partial charge in [-0.05, 0) is 56.0 Å². The molecule has 5 nitrogen and oxygen atoms in total. The minimum absolute atomic E-state index is 0.0693. The van der Waals surface area contributed by atoms with E-state index in [9.17, 15) is 4.79 Å². The van der Waals surface area contributed by atoms with Gasteiger partial charge in [-0.2, -0.15) is 0 Å². The van der Waals surface area contributed by atoms with Gasteiger partial charge in [0.15, 0.2) is 0 Å². The number of pyridine rings is 2. The Hall–Kier alpha value is -2.27. The highest BCUT2D eigenvalue weighted by Gasteiger charge is 2.25. The summed E-state index contributed by atoms with van der Waals surface area (Å²) in [6.45, 7) is 5.48. The van der Waals surface area contributed by atoms with Crippen LogP contribution in [0.3, 0.4) is 0 Å². The average Bonchev–Trinajstić information content (AvgIpc) is 3.50. The molecule has 0 bridgehead atoms. The third-order valence-electron chi connectivity index (χ3n) is 5.02. The Balaban J connectivity index is 1.46. The molecule has 0 N–H and O–H groups in total. The van der Waals surface area contributed by atoms with Crippen molar-refractivity contribution in [1.29, 1.82) is 0 Å². The van der Waals surface area contributed by atoms with Gasteiger partial charge in [0.2, 0.25) is 5.78 Å². The summed E-state index contributed by atoms with van der Waals surface area (Å²) in [5.41, 5.74) is 1.07. The van der Waals surface area contributed by atoms with Crippen LogP contribution in [0.4, 0.5) is 5.82 Å². The molecule has 1 aliphatic carbocycles. The summed E-state index contributed by atoms with van der Waals surface area (Å²) in [5.74, 6) is 1.77. The number of hydrogen-bond donors (Lipinski definition) is 0. The highest BCUT2D eigenvalue weighted by Crippen LogP contribution is 2.30. The van der Waals surface area contributed by atoms with E-state index in [-0.39, 0.29) is 5.78 Å². The van der Waals surface area contributed by atoms with Crippen LogP contribution in [0, 0.1) is 5.92 Å². The Morgan fingerprint density at radius 2 is 2.00 bits per heavy atom. The average molecular weight is 336 g/mol. The van der Waals surface area contributed by atoms with E-state index in [1.54, 1.807) is 30.6 Å². The number of anilines is 1. The van der Waals surface area contributed by atoms with E-state index in [1.807, 2.05) is 12.1 Å². The smallest absolute Gasteiger partial charge is 0.212 e. The second kappa shape index (κ2) is 7.31. The van der Waals surface area contributed by atoms with E-state index < -0.39 is 0 Å². The van der Waals surface area contributed by atoms with Crippen LogP contribution in [-0.2, 0) is 0 Å². The van der Waals surface area contributed by atoms with Crippen molar-refractivity contribution in [3.05, 3.63) is 54.0 Å². The summed E-state index contributed by atoms with van der Waals surface area (Å²) < 4.78 is 0. The zero-order valence-corrected chi connectivity index (χ0v) is 14.5. The predicted octanol–water partition coefficient (Wildman–Crippen LogP) is 2.63. The van der Waals surface area contributed by atoms with Gasteiger partial charge in [0, 0.05) is 44.1 Å². The zero-order valence-electron chi connectivity index (χ0n) is 14.5. The van der Waals surface area contributed by atoms with E-state index in [4.69, 9.17) is 0 Å². The van der Waals surface area contributed by atoms with Crippen LogP contribution in [0.1, 0.15) is 35.3 Å². The molecule has 0 aromatic carbocycles. The van der Waals surface area contributed by atoms with Crippen LogP contribution in [-0.4, -0.2) is 53.4 Å². The van der Waals surface area contributed by atoms with Gasteiger partial charge in [0.25, 0.3) is 0 Å². The molecule has 25 heavy (non-hydrogen) atoms. The molecule has 0 amide bonds. The maximum Gasteiger partial charge on any atom is 0.212 e. The molecule has 2 aromatic rings. The fourth-order valence-electron chi connectivity index (χ4n) is 3.42. The minimum Gasteiger partial charge on any atom is -0.355 e. The molecule has 1 aliphatic heterocycles. The lowest BCUT2D eigenvalue weighted by Crippen LogP contribution is -2.32. The summed E-state index contributed by atoms with van der Waals surface area (Å²) in [6.07, 6.45) is 7.22. The highest BCUT2D eigenvalue weighted by atomic mass is 16.1. The number of carbonyl (C=O) groups is 1. The SMILES string of the molecule is O=C(c1cccnc1)c1cccc(N2CCCN(CC3CC3)CC2)n1. The fourth-order valence-corrected chi connectivity index (χ4v) is 3.42. The van der Waals surface area contributed by atoms with Crippen molar-refractivity contribution in [2.45, 2.75) is 19.3 Å². The van der Waals surface area contributed by atoms with E-state index in [0.29, 0.717) is 11.3 Å². The third-order valence-corrected chi connectivity index (χ3v) is 5.02. The van der Waals surface area contributed by atoms with Crippen molar-refractivity contribution in [1.82, 2.24) is 14.9 Å². The number of aromatic nitrogens is 2. The molecule has 2 fully saturated rings. The topological polar surface area (TPSA) is 49.3 Å². The number of carbonyl (C=O) groups excluding carboxylic acids is 1. The molecule has 0 spiro atoms. The molecule has 2 aliphatic rings. The summed E-state index contributed by atoms with van der Waals surface area (Å²) in [5, 5.41) is 0. The lowest BCUT2D eigenvalue weighted by Gasteiger charge is -2.23. The van der Waals surface area contributed by atoms with Crippen molar-refractivity contribution in [3.8, 4) is 0 Å². The van der Waals surface area contributed by atoms with Crippen molar-refractivity contribution in [3.63, 3.8) is 0 Å². The van der Waals surface area contributed by atoms with Gasteiger partial charge < -0.3 is 9.80 Å². The Bertz CT molecular complexity index is 729. The lowest BCUT2D eigenvalue weighted by molar-refractivity contribution is 0.103. The highest BCUT2D eigenvalue weighted by molar-refractivity contribution is 6.07. The van der Waals surface area contributed by atoms with Crippen molar-refractivity contribution >= 4 is 11.6 Å². The Morgan fingerprint density at radius 1 is 1.08 bits per heavy atom. The third kappa shape index (κ3) is 4.04. The molecule has 1 saturated heterocycles. The molecule has 5 heteroatoms. The first kappa shape index (κ1) is 16.2. The van der Waals surface area contributed by atoms with Gasteiger partial charge >= 0.3 is 0 Å². The predicted molar refractivity (Wildman–Crippen MR) is 97.9 cm³/mol. The summed E-state index contributed by atoms with van der Waals surface area (Å²) in [4.78, 5) is 26.2. The standard InChI is InChI=1S/C20H24N4O/c25-20(17-4-2-9-21-14-17)18-5-1-6-19(22-18)24-11-3-10-23(12-13-24)15-16-7-8-16/h1-2,4-6,9,14,16H,3,7-8,10-13,15H2. The summed E-state index contributed by atoms with van der Waals surface area (Å²) in [7, 11) is 0. The monoisotopic (exact) mass is 336 g/mol. The fraction of sp³-hybridized carbons (Fsp3) is 0.450. The maximum atomic E-state index is 12.6. The first-order chi connectivity index (χ1) is 12.3. The Kier molecular flexibility index (Phi) is 4.74. The second-order valence-corrected chi connectivity index (χ2v) is 7.04. The van der Waals surface area contributed by atoms with Gasteiger partial charge in [-0.1, -0.05) is 6.07 Å². The molecule has 3 heterocycles. The van der Waals surface area contributed by atoms with Crippen molar-refractivity contribution in [2.75, 3.05) is 37.6 Å². The molecule has 2 aromatic heterocycles. The van der Waals surface area contributed by atoms with Crippen LogP contribution in [0.15, 0.2) is 42.7 Å². The van der Waals surface area contributed by atoms with Crippen LogP contribution in [0.25, 0.3) is 0 Å². The van der Waals surface area contributed by atoms with E-state index in [2.05, 4.69) is 19.8 Å². The molecule has 0 unspecified atom stereocenters. The van der Waals surface area contributed by atoms with Gasteiger partial charge in [0.05, 0.1) is 0 Å². The summed E-state index contributed by atoms with van der Waals surface area (Å²) >= 11 is 0. The number of rotatable bonds is 5. The van der Waals surface area contributed by atoms with Crippen molar-refractivity contribution < 1.29 is 4.79 Å². The number of nitrogens with zero attached hydrogens (tertiary/aromatic N) is 4. The van der Waals surface area contributed by atoms with E-state index in [0.717, 1.165) is 37.8 Å². The van der Waals surface area contributed by atoms with Crippen LogP contribution < -0.4 is 4.90 Å². The van der Waals surface area contributed by atoms with Gasteiger partial charge in [-0.15, -0.1) is 0 Å². The largest absolute Gasteiger partial charge is 0.355 e. The van der Waals surface area contributed by atoms with Crippen molar-refractivity contribution in [2.24, 2.45) is 5.92 Å². The van der Waals surface area contributed by atoms with Gasteiger partial charge in [-0.3, -0.25) is 9.78 Å². The molecule has 0 atom stereocenters. The first-order valence-corrected chi connectivity index (χ1v) is 9.19. The second-order valence-electron chi connectivity index (χ2n) is 7.04. The van der Waals surface area contributed by atoms with Crippen LogP contribution >= 0.6 is 0 Å². The normalized spacial score (nSPS) is 18.8. The Morgan fingerprint density at radius 3 is 2.80 bits per heavy atom. The number of ketones is 1. The molecular weight excluding hydrogens is 312 g/mol. The van der Waals surface area contributed by atoms with Gasteiger partial charge in [0.1, 0.15) is 11.5 Å². The molecular formula is C20H24N4O. The minimum atomic E-state index is -0.0693. The molecule has 0 radical (unpaired) electrons. The lowest BCUT2D eigenvalue weighted by atomic mass is 10.1. The molecule has 130 valence electrons. The first-order valence-electron chi connectivity index (χ1n) is 9.19. The number of hydrogen-bond acceptors (Lipinski definition) is 5. The zero-order chi connectivity index (χ0) is 17.1. The Labute approximate surface area is 148 Å². The van der Waals surface area contributed by atoms with E-state index in [1.165, 1.54) is 25.9 Å². The van der Waals surface area contributed by atoms with Crippen LogP contribution in [0.2, 0.25) is 0 Å². The van der Waals surface area contributed by atoms with Gasteiger partial charge in [-0.25, -0.2) is 4.98 Å².